The number of likely N-dealkylation sites (tertiary alicyclic amines) is 1. The Labute approximate surface area is 164 Å². The number of hydrogen-bond donors (Lipinski definition) is 1. The number of thiophene rings is 1. The monoisotopic (exact) mass is 382 g/mol. The molecule has 1 fully saturated rings. The number of nitrogens with one attached hydrogen (secondary N) is 1. The van der Waals surface area contributed by atoms with Crippen LogP contribution in [0.1, 0.15) is 40.7 Å². The zero-order valence-electron chi connectivity index (χ0n) is 15.9. The van der Waals surface area contributed by atoms with E-state index in [-0.39, 0.29) is 5.91 Å². The Morgan fingerprint density at radius 3 is 2.93 bits per heavy atom. The number of nitrogens with zero attached hydrogens (tertiary/aromatic N) is 3. The van der Waals surface area contributed by atoms with Gasteiger partial charge in [0.05, 0.1) is 17.1 Å². The molecule has 0 aliphatic carbocycles. The highest BCUT2D eigenvalue weighted by molar-refractivity contribution is 7.20. The molecular formula is C21H26N4OS. The fourth-order valence-corrected chi connectivity index (χ4v) is 5.01. The van der Waals surface area contributed by atoms with Gasteiger partial charge in [-0.1, -0.05) is 37.3 Å². The molecule has 1 aliphatic rings. The lowest BCUT2D eigenvalue weighted by Crippen LogP contribution is -2.39. The van der Waals surface area contributed by atoms with E-state index in [0.717, 1.165) is 47.0 Å². The van der Waals surface area contributed by atoms with Gasteiger partial charge in [0.1, 0.15) is 4.83 Å². The van der Waals surface area contributed by atoms with E-state index in [1.54, 1.807) is 0 Å². The van der Waals surface area contributed by atoms with Gasteiger partial charge in [-0.3, -0.25) is 14.4 Å². The molecule has 1 aromatic carbocycles. The lowest BCUT2D eigenvalue weighted by atomic mass is 10.2. The molecule has 2 aromatic heterocycles. The van der Waals surface area contributed by atoms with Crippen molar-refractivity contribution in [3.8, 4) is 0 Å². The minimum Gasteiger partial charge on any atom is -0.350 e. The number of hydrogen-bond acceptors (Lipinski definition) is 4. The average Bonchev–Trinajstić information content (AvgIpc) is 3.38. The van der Waals surface area contributed by atoms with Crippen molar-refractivity contribution < 1.29 is 4.79 Å². The Balaban J connectivity index is 1.49. The minimum absolute atomic E-state index is 0.0322. The molecule has 0 bridgehead atoms. The molecule has 5 nitrogen and oxygen atoms in total. The van der Waals surface area contributed by atoms with Crippen molar-refractivity contribution in [1.29, 1.82) is 0 Å². The molecule has 3 aromatic rings. The lowest BCUT2D eigenvalue weighted by Gasteiger charge is -2.22. The van der Waals surface area contributed by atoms with Crippen LogP contribution in [0.5, 0.6) is 0 Å². The van der Waals surface area contributed by atoms with Gasteiger partial charge in [0.2, 0.25) is 0 Å². The van der Waals surface area contributed by atoms with Crippen LogP contribution >= 0.6 is 11.3 Å². The van der Waals surface area contributed by atoms with Crippen molar-refractivity contribution in [1.82, 2.24) is 20.0 Å². The van der Waals surface area contributed by atoms with Crippen molar-refractivity contribution in [2.75, 3.05) is 19.6 Å². The van der Waals surface area contributed by atoms with Gasteiger partial charge in [0.25, 0.3) is 5.91 Å². The third-order valence-electron chi connectivity index (χ3n) is 5.41. The van der Waals surface area contributed by atoms with E-state index in [4.69, 9.17) is 0 Å². The molecule has 0 radical (unpaired) electrons. The average molecular weight is 383 g/mol. The number of aromatic nitrogens is 2. The molecule has 27 heavy (non-hydrogen) atoms. The molecule has 0 saturated carbocycles. The van der Waals surface area contributed by atoms with Gasteiger partial charge in [0.15, 0.2) is 0 Å². The summed E-state index contributed by atoms with van der Waals surface area (Å²) in [6.45, 7) is 7.85. The Hall–Kier alpha value is -2.18. The van der Waals surface area contributed by atoms with Gasteiger partial charge in [-0.05, 0) is 44.5 Å². The third-order valence-corrected chi connectivity index (χ3v) is 6.56. The van der Waals surface area contributed by atoms with Gasteiger partial charge in [0, 0.05) is 18.0 Å². The smallest absolute Gasteiger partial charge is 0.261 e. The van der Waals surface area contributed by atoms with Crippen LogP contribution in [-0.4, -0.2) is 46.3 Å². The second kappa shape index (κ2) is 7.82. The van der Waals surface area contributed by atoms with E-state index < -0.39 is 0 Å². The van der Waals surface area contributed by atoms with E-state index in [1.807, 2.05) is 35.9 Å². The van der Waals surface area contributed by atoms with Crippen molar-refractivity contribution in [2.45, 2.75) is 39.3 Å². The van der Waals surface area contributed by atoms with Gasteiger partial charge >= 0.3 is 0 Å². The zero-order chi connectivity index (χ0) is 18.8. The van der Waals surface area contributed by atoms with E-state index >= 15 is 0 Å². The Morgan fingerprint density at radius 2 is 2.15 bits per heavy atom. The predicted octanol–water partition coefficient (Wildman–Crippen LogP) is 3.67. The van der Waals surface area contributed by atoms with Crippen LogP contribution in [0.25, 0.3) is 10.2 Å². The zero-order valence-corrected chi connectivity index (χ0v) is 16.8. The first-order valence-electron chi connectivity index (χ1n) is 9.69. The fraction of sp³-hybridized carbons (Fsp3) is 0.429. The van der Waals surface area contributed by atoms with Crippen LogP contribution in [0.15, 0.2) is 36.4 Å². The minimum atomic E-state index is 0.0322. The highest BCUT2D eigenvalue weighted by atomic mass is 32.1. The first-order chi connectivity index (χ1) is 13.2. The molecule has 0 spiro atoms. The molecule has 0 unspecified atom stereocenters. The van der Waals surface area contributed by atoms with Crippen molar-refractivity contribution in [2.24, 2.45) is 0 Å². The largest absolute Gasteiger partial charge is 0.350 e. The number of carbonyl (C=O) groups is 1. The summed E-state index contributed by atoms with van der Waals surface area (Å²) in [4.78, 5) is 17.0. The predicted molar refractivity (Wildman–Crippen MR) is 110 cm³/mol. The summed E-state index contributed by atoms with van der Waals surface area (Å²) in [5.74, 6) is 0.0322. The van der Waals surface area contributed by atoms with Gasteiger partial charge < -0.3 is 5.32 Å². The second-order valence-corrected chi connectivity index (χ2v) is 8.22. The quantitative estimate of drug-likeness (QED) is 0.708. The van der Waals surface area contributed by atoms with Crippen LogP contribution in [0.3, 0.4) is 0 Å². The number of fused-ring (bicyclic) bond motifs is 1. The SMILES string of the molecule is CCN1CCC[C@H]1CNC(=O)c1cc2c(C)nn(Cc3ccccc3)c2s1. The molecule has 4 rings (SSSR count). The normalized spacial score (nSPS) is 17.6. The number of likely N-dealkylation sites (N-methyl/N-ethyl adjacent to an activating group) is 1. The molecule has 1 aliphatic heterocycles. The molecule has 3 heterocycles. The van der Waals surface area contributed by atoms with E-state index in [9.17, 15) is 4.79 Å². The number of aryl methyl sites for hydroxylation is 1. The van der Waals surface area contributed by atoms with Gasteiger partial charge in [-0.25, -0.2) is 0 Å². The molecule has 142 valence electrons. The summed E-state index contributed by atoms with van der Waals surface area (Å²) >= 11 is 1.54. The first kappa shape index (κ1) is 18.2. The van der Waals surface area contributed by atoms with Crippen molar-refractivity contribution in [3.05, 3.63) is 52.5 Å². The molecule has 1 atom stereocenters. The van der Waals surface area contributed by atoms with Gasteiger partial charge in [-0.2, -0.15) is 5.10 Å². The Morgan fingerprint density at radius 1 is 1.33 bits per heavy atom. The summed E-state index contributed by atoms with van der Waals surface area (Å²) in [6.07, 6.45) is 2.40. The molecule has 1 amide bonds. The Bertz CT molecular complexity index is 930. The highest BCUT2D eigenvalue weighted by Crippen LogP contribution is 2.29. The summed E-state index contributed by atoms with van der Waals surface area (Å²) in [5.41, 5.74) is 2.19. The summed E-state index contributed by atoms with van der Waals surface area (Å²) in [7, 11) is 0. The molecule has 1 saturated heterocycles. The van der Waals surface area contributed by atoms with Gasteiger partial charge in [-0.15, -0.1) is 11.3 Å². The topological polar surface area (TPSA) is 50.2 Å². The van der Waals surface area contributed by atoms with Crippen LogP contribution in [0, 0.1) is 6.92 Å². The summed E-state index contributed by atoms with van der Waals surface area (Å²) < 4.78 is 2.01. The molecular weight excluding hydrogens is 356 g/mol. The standard InChI is InChI=1S/C21H26N4OS/c1-3-24-11-7-10-17(24)13-22-20(26)19-12-18-15(2)23-25(21(18)27-19)14-16-8-5-4-6-9-16/h4-6,8-9,12,17H,3,7,10-11,13-14H2,1-2H3,(H,22,26)/t17-/m0/s1. The van der Waals surface area contributed by atoms with Crippen molar-refractivity contribution in [3.63, 3.8) is 0 Å². The summed E-state index contributed by atoms with van der Waals surface area (Å²) in [6, 6.07) is 12.8. The van der Waals surface area contributed by atoms with E-state index in [2.05, 4.69) is 34.4 Å². The number of benzene rings is 1. The maximum Gasteiger partial charge on any atom is 0.261 e. The van der Waals surface area contributed by atoms with Crippen LogP contribution < -0.4 is 5.32 Å². The lowest BCUT2D eigenvalue weighted by molar-refractivity contribution is 0.0945. The van der Waals surface area contributed by atoms with E-state index in [0.29, 0.717) is 6.04 Å². The first-order valence-corrected chi connectivity index (χ1v) is 10.5. The van der Waals surface area contributed by atoms with Crippen LogP contribution in [0.4, 0.5) is 0 Å². The number of carbonyl (C=O) groups excluding carboxylic acids is 1. The maximum absolute atomic E-state index is 12.7. The number of rotatable bonds is 6. The highest BCUT2D eigenvalue weighted by Gasteiger charge is 2.24. The maximum atomic E-state index is 12.7. The fourth-order valence-electron chi connectivity index (χ4n) is 3.93. The number of amides is 1. The van der Waals surface area contributed by atoms with Crippen LogP contribution in [0.2, 0.25) is 0 Å². The summed E-state index contributed by atoms with van der Waals surface area (Å²) in [5, 5.41) is 8.89. The van der Waals surface area contributed by atoms with E-state index in [1.165, 1.54) is 29.7 Å². The van der Waals surface area contributed by atoms with Crippen molar-refractivity contribution >= 4 is 27.5 Å². The Kier molecular flexibility index (Phi) is 5.27. The molecule has 6 heteroatoms. The molecule has 1 N–H and O–H groups in total. The third kappa shape index (κ3) is 3.77. The van der Waals surface area contributed by atoms with Crippen LogP contribution in [-0.2, 0) is 6.54 Å². The second-order valence-electron chi connectivity index (χ2n) is 7.19.